The van der Waals surface area contributed by atoms with Crippen LogP contribution < -0.4 is 4.57 Å². The van der Waals surface area contributed by atoms with Gasteiger partial charge in [-0.15, -0.1) is 0 Å². The minimum Gasteiger partial charge on any atom is -0.454 e. The monoisotopic (exact) mass is 434 g/mol. The van der Waals surface area contributed by atoms with Crippen LogP contribution in [0.1, 0.15) is 36.1 Å². The molecular weight excluding hydrogens is 409 g/mol. The minimum atomic E-state index is -0.260. The van der Waals surface area contributed by atoms with Crippen molar-refractivity contribution < 1.29 is 13.4 Å². The predicted octanol–water partition coefficient (Wildman–Crippen LogP) is 7.25. The van der Waals surface area contributed by atoms with Crippen LogP contribution in [-0.2, 0) is 12.5 Å². The smallest absolute Gasteiger partial charge is 0.216 e. The number of furan rings is 1. The molecule has 3 aromatic carbocycles. The predicted molar refractivity (Wildman–Crippen MR) is 132 cm³/mol. The van der Waals surface area contributed by atoms with Crippen LogP contribution in [0.5, 0.6) is 0 Å². The molecule has 0 atom stereocenters. The van der Waals surface area contributed by atoms with Crippen molar-refractivity contribution in [2.45, 2.75) is 26.2 Å². The lowest BCUT2D eigenvalue weighted by Gasteiger charge is -2.16. The van der Waals surface area contributed by atoms with E-state index in [-0.39, 0.29) is 11.2 Å². The molecular formula is C30H25FNO+. The third-order valence-corrected chi connectivity index (χ3v) is 6.96. The van der Waals surface area contributed by atoms with Crippen molar-refractivity contribution in [3.05, 3.63) is 107 Å². The highest BCUT2D eigenvalue weighted by molar-refractivity contribution is 6.13. The van der Waals surface area contributed by atoms with E-state index in [1.165, 1.54) is 5.56 Å². The number of hydrogen-bond acceptors (Lipinski definition) is 1. The lowest BCUT2D eigenvalue weighted by atomic mass is 9.87. The summed E-state index contributed by atoms with van der Waals surface area (Å²) in [4.78, 5) is 0. The Labute approximate surface area is 192 Å². The maximum atomic E-state index is 15.5. The Balaban J connectivity index is 1.71. The van der Waals surface area contributed by atoms with Crippen LogP contribution in [0.25, 0.3) is 38.8 Å². The second kappa shape index (κ2) is 6.89. The topological polar surface area (TPSA) is 17.0 Å². The SMILES string of the molecule is Cc1ccc2c(oc3c(C4=CC(C)(C)c5ccccc54)c(F)ccc32)c1-c1cccc[n+]1C. The van der Waals surface area contributed by atoms with Gasteiger partial charge in [-0.05, 0) is 47.4 Å². The molecule has 5 aromatic rings. The molecule has 0 aliphatic heterocycles. The number of aryl methyl sites for hydroxylation is 2. The molecule has 2 aromatic heterocycles. The van der Waals surface area contributed by atoms with Crippen molar-refractivity contribution >= 4 is 27.5 Å². The first kappa shape index (κ1) is 19.9. The minimum absolute atomic E-state index is 0.175. The van der Waals surface area contributed by atoms with Gasteiger partial charge in [0.25, 0.3) is 0 Å². The number of pyridine rings is 1. The Bertz CT molecular complexity index is 1620. The fourth-order valence-electron chi connectivity index (χ4n) is 5.33. The van der Waals surface area contributed by atoms with Crippen molar-refractivity contribution in [2.75, 3.05) is 0 Å². The number of hydrogen-bond donors (Lipinski definition) is 0. The number of rotatable bonds is 2. The third kappa shape index (κ3) is 2.82. The second-order valence-electron chi connectivity index (χ2n) is 9.56. The van der Waals surface area contributed by atoms with Gasteiger partial charge in [-0.2, -0.15) is 0 Å². The Hall–Kier alpha value is -3.72. The highest BCUT2D eigenvalue weighted by Gasteiger charge is 2.33. The van der Waals surface area contributed by atoms with E-state index in [1.807, 2.05) is 43.6 Å². The van der Waals surface area contributed by atoms with Crippen molar-refractivity contribution in [1.29, 1.82) is 0 Å². The highest BCUT2D eigenvalue weighted by atomic mass is 19.1. The van der Waals surface area contributed by atoms with Gasteiger partial charge in [-0.1, -0.05) is 56.3 Å². The van der Waals surface area contributed by atoms with Gasteiger partial charge in [0.05, 0.1) is 11.1 Å². The molecule has 0 N–H and O–H groups in total. The van der Waals surface area contributed by atoms with Crippen molar-refractivity contribution in [1.82, 2.24) is 0 Å². The number of fused-ring (bicyclic) bond motifs is 4. The first-order valence-corrected chi connectivity index (χ1v) is 11.3. The summed E-state index contributed by atoms with van der Waals surface area (Å²) in [6, 6.07) is 22.0. The van der Waals surface area contributed by atoms with Crippen LogP contribution in [0.2, 0.25) is 0 Å². The fourth-order valence-corrected chi connectivity index (χ4v) is 5.33. The van der Waals surface area contributed by atoms with Crippen molar-refractivity contribution in [3.8, 4) is 11.3 Å². The summed E-state index contributed by atoms with van der Waals surface area (Å²) in [5.41, 5.74) is 8.18. The van der Waals surface area contributed by atoms with E-state index in [4.69, 9.17) is 4.42 Å². The van der Waals surface area contributed by atoms with E-state index in [1.54, 1.807) is 6.07 Å². The van der Waals surface area contributed by atoms with Crippen molar-refractivity contribution in [3.63, 3.8) is 0 Å². The van der Waals surface area contributed by atoms with Gasteiger partial charge in [0.2, 0.25) is 5.69 Å². The number of aromatic nitrogens is 1. The van der Waals surface area contributed by atoms with E-state index in [9.17, 15) is 0 Å². The standard InChI is InChI=1S/C30H25FNO/c1-18-12-13-20-21-14-15-24(31)27(22-17-30(2,3)23-10-6-5-9-19(22)23)29(21)33-28(20)26(18)25-11-7-8-16-32(25)4/h5-17H,1-4H3/q+1. The molecule has 0 unspecified atom stereocenters. The maximum absolute atomic E-state index is 15.5. The summed E-state index contributed by atoms with van der Waals surface area (Å²) in [7, 11) is 2.03. The molecule has 0 fully saturated rings. The lowest BCUT2D eigenvalue weighted by Crippen LogP contribution is -2.30. The average Bonchev–Trinajstić information content (AvgIpc) is 3.29. The van der Waals surface area contributed by atoms with Gasteiger partial charge in [-0.3, -0.25) is 0 Å². The Morgan fingerprint density at radius 3 is 2.30 bits per heavy atom. The van der Waals surface area contributed by atoms with Gasteiger partial charge in [0, 0.05) is 28.3 Å². The largest absolute Gasteiger partial charge is 0.454 e. The van der Waals surface area contributed by atoms with Crippen LogP contribution >= 0.6 is 0 Å². The molecule has 2 nitrogen and oxygen atoms in total. The van der Waals surface area contributed by atoms with E-state index in [0.29, 0.717) is 11.1 Å². The molecule has 0 saturated heterocycles. The van der Waals surface area contributed by atoms with E-state index in [0.717, 1.165) is 44.3 Å². The van der Waals surface area contributed by atoms with Crippen LogP contribution in [0, 0.1) is 12.7 Å². The average molecular weight is 435 g/mol. The zero-order valence-electron chi connectivity index (χ0n) is 19.2. The summed E-state index contributed by atoms with van der Waals surface area (Å²) < 4.78 is 24.2. The Morgan fingerprint density at radius 1 is 0.818 bits per heavy atom. The zero-order valence-corrected chi connectivity index (χ0v) is 19.2. The van der Waals surface area contributed by atoms with Gasteiger partial charge < -0.3 is 4.42 Å². The van der Waals surface area contributed by atoms with Crippen LogP contribution in [0.3, 0.4) is 0 Å². The maximum Gasteiger partial charge on any atom is 0.216 e. The molecule has 1 aliphatic carbocycles. The zero-order chi connectivity index (χ0) is 22.9. The van der Waals surface area contributed by atoms with E-state index in [2.05, 4.69) is 61.7 Å². The van der Waals surface area contributed by atoms with Gasteiger partial charge >= 0.3 is 0 Å². The molecule has 0 amide bonds. The van der Waals surface area contributed by atoms with Crippen LogP contribution in [-0.4, -0.2) is 0 Å². The summed E-state index contributed by atoms with van der Waals surface area (Å²) in [6.45, 7) is 6.44. The molecule has 3 heteroatoms. The highest BCUT2D eigenvalue weighted by Crippen LogP contribution is 2.47. The first-order valence-electron chi connectivity index (χ1n) is 11.3. The normalized spacial score (nSPS) is 14.6. The fraction of sp³-hybridized carbons (Fsp3) is 0.167. The molecule has 0 bridgehead atoms. The Kier molecular flexibility index (Phi) is 4.16. The quantitative estimate of drug-likeness (QED) is 0.268. The third-order valence-electron chi connectivity index (χ3n) is 6.96. The summed E-state index contributed by atoms with van der Waals surface area (Å²) in [6.07, 6.45) is 4.20. The summed E-state index contributed by atoms with van der Waals surface area (Å²) >= 11 is 0. The summed E-state index contributed by atoms with van der Waals surface area (Å²) in [5, 5.41) is 1.94. The number of allylic oxidation sites excluding steroid dienone is 1. The van der Waals surface area contributed by atoms with E-state index < -0.39 is 0 Å². The lowest BCUT2D eigenvalue weighted by molar-refractivity contribution is -0.660. The molecule has 33 heavy (non-hydrogen) atoms. The van der Waals surface area contributed by atoms with Crippen LogP contribution in [0.4, 0.5) is 4.39 Å². The molecule has 0 spiro atoms. The molecule has 0 radical (unpaired) electrons. The number of benzene rings is 3. The van der Waals surface area contributed by atoms with Gasteiger partial charge in [0.1, 0.15) is 24.0 Å². The van der Waals surface area contributed by atoms with Gasteiger partial charge in [0.15, 0.2) is 6.20 Å². The number of nitrogens with zero attached hydrogens (tertiary/aromatic N) is 1. The van der Waals surface area contributed by atoms with Gasteiger partial charge in [-0.25, -0.2) is 8.96 Å². The Morgan fingerprint density at radius 2 is 1.52 bits per heavy atom. The molecule has 6 rings (SSSR count). The molecule has 1 aliphatic rings. The molecule has 0 saturated carbocycles. The second-order valence-corrected chi connectivity index (χ2v) is 9.56. The van der Waals surface area contributed by atoms with E-state index >= 15 is 4.39 Å². The van der Waals surface area contributed by atoms with Crippen molar-refractivity contribution in [2.24, 2.45) is 7.05 Å². The molecule has 162 valence electrons. The van der Waals surface area contributed by atoms with Crippen LogP contribution in [0.15, 0.2) is 83.4 Å². The molecule has 2 heterocycles. The first-order chi connectivity index (χ1) is 15.9. The summed E-state index contributed by atoms with van der Waals surface area (Å²) in [5.74, 6) is -0.260. The number of halogens is 1.